The van der Waals surface area contributed by atoms with E-state index in [-0.39, 0.29) is 12.1 Å². The van der Waals surface area contributed by atoms with Crippen LogP contribution >= 0.6 is 0 Å². The summed E-state index contributed by atoms with van der Waals surface area (Å²) < 4.78 is 5.64. The lowest BCUT2D eigenvalue weighted by Gasteiger charge is -2.15. The molecule has 0 bridgehead atoms. The lowest BCUT2D eigenvalue weighted by atomic mass is 9.99. The zero-order valence-electron chi connectivity index (χ0n) is 11.1. The second-order valence-corrected chi connectivity index (χ2v) is 5.95. The average molecular weight is 234 g/mol. The van der Waals surface area contributed by atoms with E-state index in [0.29, 0.717) is 11.3 Å². The van der Waals surface area contributed by atoms with Crippen molar-refractivity contribution in [2.24, 2.45) is 17.1 Å². The Morgan fingerprint density at radius 3 is 2.59 bits per heavy atom. The van der Waals surface area contributed by atoms with Crippen molar-refractivity contribution in [3.63, 3.8) is 0 Å². The monoisotopic (exact) mass is 234 g/mol. The smallest absolute Gasteiger partial charge is 0.138 e. The fourth-order valence-electron chi connectivity index (χ4n) is 2.31. The van der Waals surface area contributed by atoms with Gasteiger partial charge in [-0.2, -0.15) is 0 Å². The van der Waals surface area contributed by atoms with Crippen molar-refractivity contribution < 1.29 is 4.74 Å². The molecule has 0 aliphatic heterocycles. The number of nitrogens with zero attached hydrogens (tertiary/aromatic N) is 1. The third kappa shape index (κ3) is 2.78. The fraction of sp³-hybridized carbons (Fsp3) is 0.643. The van der Waals surface area contributed by atoms with Gasteiger partial charge >= 0.3 is 0 Å². The summed E-state index contributed by atoms with van der Waals surface area (Å²) in [7, 11) is 0. The van der Waals surface area contributed by atoms with E-state index in [2.05, 4.69) is 18.8 Å². The van der Waals surface area contributed by atoms with Gasteiger partial charge in [0.25, 0.3) is 0 Å². The first-order chi connectivity index (χ1) is 7.90. The molecule has 2 unspecified atom stereocenters. The predicted molar refractivity (Wildman–Crippen MR) is 68.8 cm³/mol. The molecule has 2 rings (SSSR count). The zero-order chi connectivity index (χ0) is 12.6. The highest BCUT2D eigenvalue weighted by molar-refractivity contribution is 5.28. The molecular formula is C14H22N2O. The van der Waals surface area contributed by atoms with Gasteiger partial charge in [0.1, 0.15) is 5.75 Å². The van der Waals surface area contributed by atoms with Crippen molar-refractivity contribution in [2.45, 2.75) is 46.3 Å². The Kier molecular flexibility index (Phi) is 3.13. The SMILES string of the molecule is CC(C)Oc1cncc(C(N)C2CC2(C)C)c1. The normalized spacial score (nSPS) is 23.5. The van der Waals surface area contributed by atoms with Crippen molar-refractivity contribution in [3.05, 3.63) is 24.0 Å². The summed E-state index contributed by atoms with van der Waals surface area (Å²) >= 11 is 0. The van der Waals surface area contributed by atoms with E-state index in [1.165, 1.54) is 6.42 Å². The van der Waals surface area contributed by atoms with Gasteiger partial charge < -0.3 is 10.5 Å². The van der Waals surface area contributed by atoms with E-state index in [1.807, 2.05) is 26.1 Å². The first kappa shape index (κ1) is 12.4. The van der Waals surface area contributed by atoms with Gasteiger partial charge in [-0.3, -0.25) is 4.98 Å². The van der Waals surface area contributed by atoms with E-state index in [4.69, 9.17) is 10.5 Å². The quantitative estimate of drug-likeness (QED) is 0.871. The van der Waals surface area contributed by atoms with Crippen LogP contribution < -0.4 is 10.5 Å². The van der Waals surface area contributed by atoms with Crippen LogP contribution in [0.1, 0.15) is 45.7 Å². The summed E-state index contributed by atoms with van der Waals surface area (Å²) in [5, 5.41) is 0. The van der Waals surface area contributed by atoms with Gasteiger partial charge in [0, 0.05) is 12.2 Å². The van der Waals surface area contributed by atoms with Gasteiger partial charge in [-0.1, -0.05) is 13.8 Å². The number of pyridine rings is 1. The van der Waals surface area contributed by atoms with Crippen LogP contribution in [0, 0.1) is 11.3 Å². The number of hydrogen-bond acceptors (Lipinski definition) is 3. The van der Waals surface area contributed by atoms with Crippen LogP contribution in [-0.2, 0) is 0 Å². The number of hydrogen-bond donors (Lipinski definition) is 1. The second kappa shape index (κ2) is 4.30. The third-order valence-corrected chi connectivity index (χ3v) is 3.51. The zero-order valence-corrected chi connectivity index (χ0v) is 11.1. The molecule has 3 heteroatoms. The lowest BCUT2D eigenvalue weighted by Crippen LogP contribution is -2.16. The summed E-state index contributed by atoms with van der Waals surface area (Å²) in [5.74, 6) is 1.38. The van der Waals surface area contributed by atoms with Gasteiger partial charge in [-0.15, -0.1) is 0 Å². The summed E-state index contributed by atoms with van der Waals surface area (Å²) in [6, 6.07) is 2.10. The molecule has 1 aromatic rings. The van der Waals surface area contributed by atoms with E-state index in [9.17, 15) is 0 Å². The van der Waals surface area contributed by atoms with Gasteiger partial charge in [-0.05, 0) is 43.2 Å². The van der Waals surface area contributed by atoms with E-state index in [0.717, 1.165) is 11.3 Å². The third-order valence-electron chi connectivity index (χ3n) is 3.51. The Morgan fingerprint density at radius 2 is 2.06 bits per heavy atom. The Labute approximate surface area is 103 Å². The van der Waals surface area contributed by atoms with Crippen molar-refractivity contribution >= 4 is 0 Å². The standard InChI is InChI=1S/C14H22N2O/c1-9(2)17-11-5-10(7-16-8-11)13(15)12-6-14(12,3)4/h5,7-9,12-13H,6,15H2,1-4H3. The van der Waals surface area contributed by atoms with Crippen LogP contribution in [0.4, 0.5) is 0 Å². The van der Waals surface area contributed by atoms with Crippen LogP contribution in [0.15, 0.2) is 18.5 Å². The van der Waals surface area contributed by atoms with Crippen LogP contribution in [0.3, 0.4) is 0 Å². The van der Waals surface area contributed by atoms with Crippen LogP contribution in [0.25, 0.3) is 0 Å². The largest absolute Gasteiger partial charge is 0.489 e. The molecule has 0 spiro atoms. The Morgan fingerprint density at radius 1 is 1.41 bits per heavy atom. The molecule has 1 aliphatic carbocycles. The molecule has 94 valence electrons. The summed E-state index contributed by atoms with van der Waals surface area (Å²) in [6.07, 6.45) is 4.96. The highest BCUT2D eigenvalue weighted by Gasteiger charge is 2.49. The maximum absolute atomic E-state index is 6.28. The molecule has 1 fully saturated rings. The molecule has 1 aromatic heterocycles. The number of aromatic nitrogens is 1. The first-order valence-corrected chi connectivity index (χ1v) is 6.27. The maximum Gasteiger partial charge on any atom is 0.138 e. The maximum atomic E-state index is 6.28. The molecule has 0 radical (unpaired) electrons. The van der Waals surface area contributed by atoms with E-state index in [1.54, 1.807) is 6.20 Å². The highest BCUT2D eigenvalue weighted by Crippen LogP contribution is 2.56. The molecule has 0 aromatic carbocycles. The molecule has 1 saturated carbocycles. The van der Waals surface area contributed by atoms with E-state index >= 15 is 0 Å². The molecule has 17 heavy (non-hydrogen) atoms. The van der Waals surface area contributed by atoms with Gasteiger partial charge in [0.2, 0.25) is 0 Å². The highest BCUT2D eigenvalue weighted by atomic mass is 16.5. The predicted octanol–water partition coefficient (Wildman–Crippen LogP) is 2.91. The minimum absolute atomic E-state index is 0.0770. The summed E-state index contributed by atoms with van der Waals surface area (Å²) in [4.78, 5) is 4.21. The molecule has 2 atom stereocenters. The van der Waals surface area contributed by atoms with Crippen molar-refractivity contribution in [1.82, 2.24) is 4.98 Å². The fourth-order valence-corrected chi connectivity index (χ4v) is 2.31. The van der Waals surface area contributed by atoms with E-state index < -0.39 is 0 Å². The average Bonchev–Trinajstić information content (AvgIpc) is 2.86. The molecule has 2 N–H and O–H groups in total. The van der Waals surface area contributed by atoms with Gasteiger partial charge in [-0.25, -0.2) is 0 Å². The number of rotatable bonds is 4. The molecule has 0 amide bonds. The molecule has 1 aliphatic rings. The molecule has 1 heterocycles. The number of nitrogens with two attached hydrogens (primary N) is 1. The van der Waals surface area contributed by atoms with Crippen LogP contribution in [0.5, 0.6) is 5.75 Å². The minimum Gasteiger partial charge on any atom is -0.489 e. The lowest BCUT2D eigenvalue weighted by molar-refractivity contribution is 0.241. The second-order valence-electron chi connectivity index (χ2n) is 5.95. The number of ether oxygens (including phenoxy) is 1. The molecule has 3 nitrogen and oxygen atoms in total. The minimum atomic E-state index is 0.0770. The van der Waals surface area contributed by atoms with Crippen LogP contribution in [-0.4, -0.2) is 11.1 Å². The molecule has 0 saturated heterocycles. The molecular weight excluding hydrogens is 212 g/mol. The Bertz CT molecular complexity index is 401. The topological polar surface area (TPSA) is 48.1 Å². The van der Waals surface area contributed by atoms with Crippen molar-refractivity contribution in [3.8, 4) is 5.75 Å². The summed E-state index contributed by atoms with van der Waals surface area (Å²) in [6.45, 7) is 8.55. The van der Waals surface area contributed by atoms with Crippen LogP contribution in [0.2, 0.25) is 0 Å². The first-order valence-electron chi connectivity index (χ1n) is 6.27. The Balaban J connectivity index is 2.11. The van der Waals surface area contributed by atoms with Crippen molar-refractivity contribution in [2.75, 3.05) is 0 Å². The summed E-state index contributed by atoms with van der Waals surface area (Å²) in [5.41, 5.74) is 7.75. The van der Waals surface area contributed by atoms with Gasteiger partial charge in [0.05, 0.1) is 12.3 Å². The van der Waals surface area contributed by atoms with Gasteiger partial charge in [0.15, 0.2) is 0 Å². The Hall–Kier alpha value is -1.09. The van der Waals surface area contributed by atoms with Crippen molar-refractivity contribution in [1.29, 1.82) is 0 Å².